The Kier molecular flexibility index (Phi) is 5.87. The minimum absolute atomic E-state index is 0.0118. The summed E-state index contributed by atoms with van der Waals surface area (Å²) in [4.78, 5) is 38.9. The molecule has 0 spiro atoms. The molecule has 7 heteroatoms. The summed E-state index contributed by atoms with van der Waals surface area (Å²) in [6, 6.07) is 16.1. The van der Waals surface area contributed by atoms with Crippen LogP contribution in [0.3, 0.4) is 0 Å². The van der Waals surface area contributed by atoms with Gasteiger partial charge in [-0.3, -0.25) is 9.59 Å². The molecule has 1 heterocycles. The van der Waals surface area contributed by atoms with Gasteiger partial charge in [-0.05, 0) is 41.5 Å². The minimum atomic E-state index is -0.934. The van der Waals surface area contributed by atoms with Crippen molar-refractivity contribution in [3.8, 4) is 11.1 Å². The van der Waals surface area contributed by atoms with E-state index in [-0.39, 0.29) is 42.9 Å². The number of likely N-dealkylation sites (tertiary alicyclic amines) is 1. The van der Waals surface area contributed by atoms with Crippen LogP contribution in [0.2, 0.25) is 0 Å². The second kappa shape index (κ2) is 8.87. The number of carboxylic acid groups (broad SMARTS) is 1. The first-order valence-electron chi connectivity index (χ1n) is 12.1. The van der Waals surface area contributed by atoms with E-state index in [1.807, 2.05) is 37.3 Å². The topological polar surface area (TPSA) is 95.9 Å². The standard InChI is InChI=1S/C28H30N2O5/c1-17-14-30(16-28(17,2)26(32)33)25(31)18-11-12-19(13-18)29-27(34)35-15-24-22-9-5-3-7-20(22)21-8-4-6-10-23(21)24/h3-12,17-19,24H,13-16H2,1-2H3,(H,29,34)(H,32,33). The van der Waals surface area contributed by atoms with Crippen LogP contribution in [0.5, 0.6) is 0 Å². The number of benzene rings is 2. The third-order valence-corrected chi connectivity index (χ3v) is 7.95. The number of amides is 2. The number of carbonyl (C=O) groups excluding carboxylic acids is 2. The lowest BCUT2D eigenvalue weighted by Gasteiger charge is -2.23. The molecule has 2 N–H and O–H groups in total. The number of rotatable bonds is 5. The van der Waals surface area contributed by atoms with E-state index in [9.17, 15) is 19.5 Å². The molecule has 3 aliphatic rings. The van der Waals surface area contributed by atoms with Crippen LogP contribution in [0.4, 0.5) is 4.79 Å². The summed E-state index contributed by atoms with van der Waals surface area (Å²) in [7, 11) is 0. The average Bonchev–Trinajstić information content (AvgIpc) is 3.52. The third-order valence-electron chi connectivity index (χ3n) is 7.95. The van der Waals surface area contributed by atoms with Crippen molar-refractivity contribution < 1.29 is 24.2 Å². The first kappa shape index (κ1) is 23.1. The van der Waals surface area contributed by atoms with Crippen molar-refractivity contribution in [2.75, 3.05) is 19.7 Å². The van der Waals surface area contributed by atoms with Crippen molar-refractivity contribution in [1.82, 2.24) is 10.2 Å². The second-order valence-corrected chi connectivity index (χ2v) is 10.1. The van der Waals surface area contributed by atoms with E-state index in [2.05, 4.69) is 29.6 Å². The lowest BCUT2D eigenvalue weighted by Crippen LogP contribution is -2.39. The molecule has 4 atom stereocenters. The Labute approximate surface area is 204 Å². The molecule has 182 valence electrons. The summed E-state index contributed by atoms with van der Waals surface area (Å²) in [5.74, 6) is -1.48. The fraction of sp³-hybridized carbons (Fsp3) is 0.393. The number of nitrogens with zero attached hydrogens (tertiary/aromatic N) is 1. The largest absolute Gasteiger partial charge is 0.481 e. The van der Waals surface area contributed by atoms with Gasteiger partial charge in [0.25, 0.3) is 0 Å². The summed E-state index contributed by atoms with van der Waals surface area (Å²) < 4.78 is 5.62. The summed E-state index contributed by atoms with van der Waals surface area (Å²) >= 11 is 0. The second-order valence-electron chi connectivity index (χ2n) is 10.1. The normalized spacial score (nSPS) is 26.9. The Hall–Kier alpha value is -3.61. The molecule has 7 nitrogen and oxygen atoms in total. The predicted molar refractivity (Wildman–Crippen MR) is 131 cm³/mol. The van der Waals surface area contributed by atoms with Crippen molar-refractivity contribution >= 4 is 18.0 Å². The highest BCUT2D eigenvalue weighted by Gasteiger charge is 2.48. The zero-order valence-electron chi connectivity index (χ0n) is 19.9. The predicted octanol–water partition coefficient (Wildman–Crippen LogP) is 4.04. The molecule has 35 heavy (non-hydrogen) atoms. The van der Waals surface area contributed by atoms with E-state index in [0.29, 0.717) is 13.0 Å². The maximum Gasteiger partial charge on any atom is 0.407 e. The maximum absolute atomic E-state index is 13.0. The van der Waals surface area contributed by atoms with Gasteiger partial charge in [0.15, 0.2) is 0 Å². The smallest absolute Gasteiger partial charge is 0.407 e. The van der Waals surface area contributed by atoms with Crippen LogP contribution >= 0.6 is 0 Å². The summed E-state index contributed by atoms with van der Waals surface area (Å²) in [5, 5.41) is 12.4. The molecule has 2 aromatic rings. The Morgan fingerprint density at radius 1 is 1.06 bits per heavy atom. The van der Waals surface area contributed by atoms with Gasteiger partial charge in [-0.25, -0.2) is 4.79 Å². The maximum atomic E-state index is 13.0. The SMILES string of the molecule is CC1CN(C(=O)C2C=CC(NC(=O)OCC3c4ccccc4-c4ccccc43)C2)CC1(C)C(=O)O. The molecule has 1 fully saturated rings. The van der Waals surface area contributed by atoms with Crippen LogP contribution in [-0.4, -0.2) is 53.7 Å². The van der Waals surface area contributed by atoms with Crippen LogP contribution in [0.15, 0.2) is 60.7 Å². The average molecular weight is 475 g/mol. The van der Waals surface area contributed by atoms with Crippen LogP contribution in [0.25, 0.3) is 11.1 Å². The number of alkyl carbamates (subject to hydrolysis) is 1. The van der Waals surface area contributed by atoms with Crippen molar-refractivity contribution in [3.05, 3.63) is 71.8 Å². The molecule has 1 saturated heterocycles. The zero-order valence-corrected chi connectivity index (χ0v) is 19.9. The number of aliphatic carboxylic acids is 1. The van der Waals surface area contributed by atoms with E-state index in [4.69, 9.17) is 4.74 Å². The highest BCUT2D eigenvalue weighted by atomic mass is 16.5. The van der Waals surface area contributed by atoms with Gasteiger partial charge < -0.3 is 20.1 Å². The fourth-order valence-corrected chi connectivity index (χ4v) is 5.61. The van der Waals surface area contributed by atoms with Crippen molar-refractivity contribution in [2.45, 2.75) is 32.2 Å². The summed E-state index contributed by atoms with van der Waals surface area (Å²) in [6.07, 6.45) is 3.55. The molecule has 2 amide bonds. The van der Waals surface area contributed by atoms with Gasteiger partial charge in [-0.2, -0.15) is 0 Å². The van der Waals surface area contributed by atoms with E-state index in [0.717, 1.165) is 11.1 Å². The zero-order chi connectivity index (χ0) is 24.7. The molecule has 5 rings (SSSR count). The van der Waals surface area contributed by atoms with Gasteiger partial charge in [0.05, 0.1) is 17.4 Å². The Morgan fingerprint density at radius 3 is 2.29 bits per heavy atom. The number of hydrogen-bond acceptors (Lipinski definition) is 4. The Bertz CT molecular complexity index is 1160. The number of fused-ring (bicyclic) bond motifs is 3. The highest BCUT2D eigenvalue weighted by molar-refractivity contribution is 5.84. The first-order chi connectivity index (χ1) is 16.8. The monoisotopic (exact) mass is 474 g/mol. The molecule has 0 aromatic heterocycles. The molecular weight excluding hydrogens is 444 g/mol. The van der Waals surface area contributed by atoms with Crippen LogP contribution in [0.1, 0.15) is 37.3 Å². The van der Waals surface area contributed by atoms with Crippen molar-refractivity contribution in [2.24, 2.45) is 17.3 Å². The van der Waals surface area contributed by atoms with E-state index >= 15 is 0 Å². The molecule has 0 bridgehead atoms. The molecule has 1 aliphatic heterocycles. The molecule has 2 aliphatic carbocycles. The van der Waals surface area contributed by atoms with Crippen molar-refractivity contribution in [1.29, 1.82) is 0 Å². The van der Waals surface area contributed by atoms with Gasteiger partial charge >= 0.3 is 12.1 Å². The van der Waals surface area contributed by atoms with Crippen LogP contribution < -0.4 is 5.32 Å². The lowest BCUT2D eigenvalue weighted by molar-refractivity contribution is -0.149. The third kappa shape index (κ3) is 4.09. The van der Waals surface area contributed by atoms with Gasteiger partial charge in [0.1, 0.15) is 6.61 Å². The fourth-order valence-electron chi connectivity index (χ4n) is 5.61. The summed E-state index contributed by atoms with van der Waals surface area (Å²) in [6.45, 7) is 4.43. The number of hydrogen-bond donors (Lipinski definition) is 2. The number of ether oxygens (including phenoxy) is 1. The first-order valence-corrected chi connectivity index (χ1v) is 12.1. The highest BCUT2D eigenvalue weighted by Crippen LogP contribution is 2.44. The van der Waals surface area contributed by atoms with Crippen molar-refractivity contribution in [3.63, 3.8) is 0 Å². The van der Waals surface area contributed by atoms with Gasteiger partial charge in [0, 0.05) is 19.0 Å². The lowest BCUT2D eigenvalue weighted by atomic mass is 9.81. The van der Waals surface area contributed by atoms with Gasteiger partial charge in [-0.1, -0.05) is 67.6 Å². The minimum Gasteiger partial charge on any atom is -0.481 e. The number of carboxylic acids is 1. The molecule has 0 saturated carbocycles. The molecule has 4 unspecified atom stereocenters. The Balaban J connectivity index is 1.15. The van der Waals surface area contributed by atoms with Crippen LogP contribution in [0, 0.1) is 17.3 Å². The number of nitrogens with one attached hydrogen (secondary N) is 1. The number of carbonyl (C=O) groups is 3. The molecule has 2 aromatic carbocycles. The quantitative estimate of drug-likeness (QED) is 0.638. The molecular formula is C28H30N2O5. The summed E-state index contributed by atoms with van der Waals surface area (Å²) in [5.41, 5.74) is 3.72. The van der Waals surface area contributed by atoms with Gasteiger partial charge in [0.2, 0.25) is 5.91 Å². The van der Waals surface area contributed by atoms with E-state index in [1.165, 1.54) is 11.1 Å². The van der Waals surface area contributed by atoms with E-state index < -0.39 is 17.5 Å². The molecule has 0 radical (unpaired) electrons. The van der Waals surface area contributed by atoms with Gasteiger partial charge in [-0.15, -0.1) is 0 Å². The Morgan fingerprint density at radius 2 is 1.69 bits per heavy atom. The van der Waals surface area contributed by atoms with Crippen LogP contribution in [-0.2, 0) is 14.3 Å². The van der Waals surface area contributed by atoms with E-state index in [1.54, 1.807) is 17.9 Å².